The molecular weight excluding hydrogens is 358 g/mol. The van der Waals surface area contributed by atoms with Crippen molar-refractivity contribution in [1.82, 2.24) is 15.2 Å². The third kappa shape index (κ3) is 4.22. The minimum atomic E-state index is -0.483. The minimum absolute atomic E-state index is 0.0252. The lowest BCUT2D eigenvalue weighted by atomic mass is 10.2. The maximum Gasteiger partial charge on any atom is 0.277 e. The zero-order chi connectivity index (χ0) is 18.5. The summed E-state index contributed by atoms with van der Waals surface area (Å²) >= 11 is 1.09. The summed E-state index contributed by atoms with van der Waals surface area (Å²) in [6.45, 7) is 1.69. The van der Waals surface area contributed by atoms with Crippen LogP contribution < -0.4 is 5.32 Å². The fourth-order valence-electron chi connectivity index (χ4n) is 2.08. The Morgan fingerprint density at radius 2 is 2.15 bits per heavy atom. The second-order valence-corrected chi connectivity index (χ2v) is 6.11. The van der Waals surface area contributed by atoms with E-state index in [1.807, 2.05) is 0 Å². The van der Waals surface area contributed by atoms with Crippen molar-refractivity contribution in [2.75, 3.05) is 11.1 Å². The summed E-state index contributed by atoms with van der Waals surface area (Å²) in [5, 5.41) is 21.5. The van der Waals surface area contributed by atoms with E-state index in [0.29, 0.717) is 16.9 Å². The lowest BCUT2D eigenvalue weighted by Crippen LogP contribution is -2.14. The van der Waals surface area contributed by atoms with E-state index >= 15 is 0 Å². The first-order chi connectivity index (χ1) is 12.5. The zero-order valence-corrected chi connectivity index (χ0v) is 14.4. The number of amides is 1. The molecule has 0 saturated heterocycles. The van der Waals surface area contributed by atoms with Crippen LogP contribution in [0.3, 0.4) is 0 Å². The summed E-state index contributed by atoms with van der Waals surface area (Å²) < 4.78 is 5.46. The smallest absolute Gasteiger partial charge is 0.277 e. The third-order valence-electron chi connectivity index (χ3n) is 3.31. The predicted molar refractivity (Wildman–Crippen MR) is 94.7 cm³/mol. The first kappa shape index (κ1) is 17.5. The van der Waals surface area contributed by atoms with Gasteiger partial charge in [-0.25, -0.2) is 0 Å². The van der Waals surface area contributed by atoms with Gasteiger partial charge < -0.3 is 9.73 Å². The van der Waals surface area contributed by atoms with Crippen LogP contribution in [-0.2, 0) is 4.79 Å². The van der Waals surface area contributed by atoms with E-state index in [0.717, 1.165) is 11.8 Å². The number of nitrogens with zero attached hydrogens (tertiary/aromatic N) is 4. The van der Waals surface area contributed by atoms with Gasteiger partial charge in [-0.1, -0.05) is 17.8 Å². The van der Waals surface area contributed by atoms with Crippen molar-refractivity contribution in [3.63, 3.8) is 0 Å². The molecule has 1 amide bonds. The highest BCUT2D eigenvalue weighted by Gasteiger charge is 2.13. The zero-order valence-electron chi connectivity index (χ0n) is 13.6. The number of aryl methyl sites for hydroxylation is 1. The van der Waals surface area contributed by atoms with E-state index in [9.17, 15) is 14.9 Å². The fraction of sp³-hybridized carbons (Fsp3) is 0.125. The van der Waals surface area contributed by atoms with Gasteiger partial charge in [-0.05, 0) is 30.7 Å². The van der Waals surface area contributed by atoms with Crippen molar-refractivity contribution in [1.29, 1.82) is 0 Å². The first-order valence-electron chi connectivity index (χ1n) is 7.45. The number of thioether (sulfide) groups is 1. The number of nitro benzene ring substituents is 1. The van der Waals surface area contributed by atoms with Crippen LogP contribution in [0, 0.1) is 17.0 Å². The van der Waals surface area contributed by atoms with Crippen LogP contribution in [0.15, 0.2) is 52.2 Å². The van der Waals surface area contributed by atoms with E-state index in [-0.39, 0.29) is 28.5 Å². The van der Waals surface area contributed by atoms with E-state index in [4.69, 9.17) is 4.42 Å². The second-order valence-electron chi connectivity index (χ2n) is 5.18. The van der Waals surface area contributed by atoms with Gasteiger partial charge in [0.2, 0.25) is 5.91 Å². The van der Waals surface area contributed by atoms with Crippen LogP contribution in [0.5, 0.6) is 0 Å². The molecule has 0 atom stereocenters. The Morgan fingerprint density at radius 1 is 1.31 bits per heavy atom. The van der Waals surface area contributed by atoms with Gasteiger partial charge in [0.1, 0.15) is 5.69 Å². The number of benzene rings is 1. The molecule has 0 unspecified atom stereocenters. The van der Waals surface area contributed by atoms with E-state index in [1.165, 1.54) is 18.2 Å². The van der Waals surface area contributed by atoms with Gasteiger partial charge in [-0.15, -0.1) is 10.2 Å². The normalized spacial score (nSPS) is 10.5. The lowest BCUT2D eigenvalue weighted by molar-refractivity contribution is -0.384. The molecule has 10 heteroatoms. The van der Waals surface area contributed by atoms with Crippen LogP contribution in [0.4, 0.5) is 11.4 Å². The standard InChI is InChI=1S/C16H13N5O4S/c1-10-8-11(21(23)24)5-6-12(10)18-14(22)9-26-16-20-19-15(25-16)13-4-2-3-7-17-13/h2-8H,9H2,1H3,(H,18,22). The molecule has 132 valence electrons. The second kappa shape index (κ2) is 7.74. The summed E-state index contributed by atoms with van der Waals surface area (Å²) in [5.41, 5.74) is 1.65. The molecule has 0 fully saturated rings. The summed E-state index contributed by atoms with van der Waals surface area (Å²) in [6.07, 6.45) is 1.62. The Balaban J connectivity index is 1.58. The highest BCUT2D eigenvalue weighted by molar-refractivity contribution is 7.99. The molecule has 9 nitrogen and oxygen atoms in total. The average molecular weight is 371 g/mol. The number of carbonyl (C=O) groups is 1. The summed E-state index contributed by atoms with van der Waals surface area (Å²) in [6, 6.07) is 9.57. The van der Waals surface area contributed by atoms with Crippen LogP contribution >= 0.6 is 11.8 Å². The molecule has 1 N–H and O–H groups in total. The Labute approximate surface area is 152 Å². The molecule has 2 heterocycles. The topological polar surface area (TPSA) is 124 Å². The predicted octanol–water partition coefficient (Wildman–Crippen LogP) is 3.08. The molecule has 0 saturated carbocycles. The van der Waals surface area contributed by atoms with Crippen molar-refractivity contribution in [2.24, 2.45) is 0 Å². The quantitative estimate of drug-likeness (QED) is 0.398. The number of hydrogen-bond donors (Lipinski definition) is 1. The van der Waals surface area contributed by atoms with Crippen molar-refractivity contribution in [2.45, 2.75) is 12.1 Å². The van der Waals surface area contributed by atoms with Gasteiger partial charge in [0.15, 0.2) is 0 Å². The number of pyridine rings is 1. The molecule has 1 aromatic carbocycles. The molecule has 0 aliphatic rings. The maximum atomic E-state index is 12.1. The Kier molecular flexibility index (Phi) is 5.23. The number of hydrogen-bond acceptors (Lipinski definition) is 8. The molecule has 3 rings (SSSR count). The van der Waals surface area contributed by atoms with Crippen LogP contribution in [-0.4, -0.2) is 31.8 Å². The van der Waals surface area contributed by atoms with Gasteiger partial charge in [-0.3, -0.25) is 19.9 Å². The molecular formula is C16H13N5O4S. The number of nitrogens with one attached hydrogen (secondary N) is 1. The number of carbonyl (C=O) groups excluding carboxylic acids is 1. The number of non-ortho nitro benzene ring substituents is 1. The maximum absolute atomic E-state index is 12.1. The fourth-order valence-corrected chi connectivity index (χ4v) is 2.64. The highest BCUT2D eigenvalue weighted by atomic mass is 32.2. The van der Waals surface area contributed by atoms with Gasteiger partial charge in [0.05, 0.1) is 10.7 Å². The van der Waals surface area contributed by atoms with Crippen molar-refractivity contribution in [3.8, 4) is 11.6 Å². The van der Waals surface area contributed by atoms with E-state index < -0.39 is 4.92 Å². The SMILES string of the molecule is Cc1cc([N+](=O)[O-])ccc1NC(=O)CSc1nnc(-c2ccccn2)o1. The number of rotatable bonds is 6. The summed E-state index contributed by atoms with van der Waals surface area (Å²) in [7, 11) is 0. The van der Waals surface area contributed by atoms with Gasteiger partial charge in [-0.2, -0.15) is 0 Å². The van der Waals surface area contributed by atoms with Crippen LogP contribution in [0.25, 0.3) is 11.6 Å². The first-order valence-corrected chi connectivity index (χ1v) is 8.44. The van der Waals surface area contributed by atoms with Crippen LogP contribution in [0.1, 0.15) is 5.56 Å². The molecule has 2 aromatic heterocycles. The van der Waals surface area contributed by atoms with Crippen molar-refractivity contribution in [3.05, 3.63) is 58.3 Å². The third-order valence-corrected chi connectivity index (χ3v) is 4.13. The Morgan fingerprint density at radius 3 is 2.85 bits per heavy atom. The number of aromatic nitrogens is 3. The number of anilines is 1. The van der Waals surface area contributed by atoms with Gasteiger partial charge in [0.25, 0.3) is 16.8 Å². The van der Waals surface area contributed by atoms with Gasteiger partial charge >= 0.3 is 0 Å². The molecule has 26 heavy (non-hydrogen) atoms. The molecule has 0 bridgehead atoms. The molecule has 3 aromatic rings. The molecule has 0 aliphatic heterocycles. The minimum Gasteiger partial charge on any atom is -0.410 e. The van der Waals surface area contributed by atoms with Crippen LogP contribution in [0.2, 0.25) is 0 Å². The average Bonchev–Trinajstić information content (AvgIpc) is 3.11. The lowest BCUT2D eigenvalue weighted by Gasteiger charge is -2.07. The van der Waals surface area contributed by atoms with Gasteiger partial charge in [0, 0.05) is 24.0 Å². The van der Waals surface area contributed by atoms with Crippen molar-refractivity contribution < 1.29 is 14.1 Å². The Hall–Kier alpha value is -3.27. The Bertz CT molecular complexity index is 945. The van der Waals surface area contributed by atoms with Crippen molar-refractivity contribution >= 4 is 29.0 Å². The molecule has 0 radical (unpaired) electrons. The largest absolute Gasteiger partial charge is 0.410 e. The summed E-state index contributed by atoms with van der Waals surface area (Å²) in [4.78, 5) is 26.4. The summed E-state index contributed by atoms with van der Waals surface area (Å²) in [5.74, 6) is 0.0459. The monoisotopic (exact) mass is 371 g/mol. The molecule has 0 spiro atoms. The van der Waals surface area contributed by atoms with E-state index in [1.54, 1.807) is 31.3 Å². The number of nitro groups is 1. The highest BCUT2D eigenvalue weighted by Crippen LogP contribution is 2.23. The molecule has 0 aliphatic carbocycles. The van der Waals surface area contributed by atoms with E-state index in [2.05, 4.69) is 20.5 Å².